The molecule has 0 aliphatic carbocycles. The number of nitrogens with zero attached hydrogens (tertiary/aromatic N) is 2. The van der Waals surface area contributed by atoms with E-state index >= 15 is 0 Å². The third kappa shape index (κ3) is 3.56. The van der Waals surface area contributed by atoms with E-state index in [1.54, 1.807) is 6.08 Å². The standard InChI is InChI=1S/C14H24N2O2/c1-12-5-3-8-16(9-12)14(17)6-4-7-15(2)13-10-18-11-13/h4,6,12-13H,3,5,7-11H2,1-2H3/b6-4+/t12-/m1/s1. The summed E-state index contributed by atoms with van der Waals surface area (Å²) in [4.78, 5) is 16.2. The zero-order valence-corrected chi connectivity index (χ0v) is 11.5. The van der Waals surface area contributed by atoms with Crippen molar-refractivity contribution in [2.75, 3.05) is 39.9 Å². The van der Waals surface area contributed by atoms with Crippen molar-refractivity contribution < 1.29 is 9.53 Å². The Balaban J connectivity index is 1.72. The van der Waals surface area contributed by atoms with Crippen molar-refractivity contribution in [3.63, 3.8) is 0 Å². The van der Waals surface area contributed by atoms with Crippen LogP contribution in [0.1, 0.15) is 19.8 Å². The number of piperidine rings is 1. The van der Waals surface area contributed by atoms with Gasteiger partial charge in [0.15, 0.2) is 0 Å². The number of likely N-dealkylation sites (tertiary alicyclic amines) is 1. The summed E-state index contributed by atoms with van der Waals surface area (Å²) in [7, 11) is 2.07. The van der Waals surface area contributed by atoms with Crippen molar-refractivity contribution in [2.45, 2.75) is 25.8 Å². The summed E-state index contributed by atoms with van der Waals surface area (Å²) in [6, 6.07) is 0.528. The Kier molecular flexibility index (Phi) is 4.78. The van der Waals surface area contributed by atoms with Gasteiger partial charge >= 0.3 is 0 Å². The maximum Gasteiger partial charge on any atom is 0.246 e. The second-order valence-corrected chi connectivity index (χ2v) is 5.56. The first-order chi connectivity index (χ1) is 8.66. The predicted molar refractivity (Wildman–Crippen MR) is 71.4 cm³/mol. The number of hydrogen-bond donors (Lipinski definition) is 0. The number of carbonyl (C=O) groups excluding carboxylic acids is 1. The lowest BCUT2D eigenvalue weighted by Gasteiger charge is -2.34. The Morgan fingerprint density at radius 3 is 2.89 bits per heavy atom. The molecule has 0 aromatic rings. The predicted octanol–water partition coefficient (Wildman–Crippen LogP) is 1.13. The van der Waals surface area contributed by atoms with Crippen molar-refractivity contribution in [3.05, 3.63) is 12.2 Å². The molecule has 0 N–H and O–H groups in total. The summed E-state index contributed by atoms with van der Waals surface area (Å²) in [6.07, 6.45) is 6.09. The lowest BCUT2D eigenvalue weighted by Crippen LogP contribution is -2.47. The van der Waals surface area contributed by atoms with Crippen molar-refractivity contribution in [1.82, 2.24) is 9.80 Å². The lowest BCUT2D eigenvalue weighted by atomic mass is 10.0. The Morgan fingerprint density at radius 2 is 2.28 bits per heavy atom. The van der Waals surface area contributed by atoms with Gasteiger partial charge in [0.25, 0.3) is 0 Å². The molecule has 2 aliphatic rings. The summed E-state index contributed by atoms with van der Waals surface area (Å²) in [5.41, 5.74) is 0. The van der Waals surface area contributed by atoms with Crippen LogP contribution >= 0.6 is 0 Å². The maximum absolute atomic E-state index is 12.0. The SMILES string of the molecule is C[C@@H]1CCCN(C(=O)/C=C/CN(C)C2COC2)C1. The molecule has 2 aliphatic heterocycles. The molecule has 1 atom stereocenters. The molecule has 0 aromatic heterocycles. The molecule has 0 unspecified atom stereocenters. The largest absolute Gasteiger partial charge is 0.378 e. The molecule has 0 spiro atoms. The zero-order chi connectivity index (χ0) is 13.0. The van der Waals surface area contributed by atoms with E-state index in [9.17, 15) is 4.79 Å². The van der Waals surface area contributed by atoms with E-state index in [0.29, 0.717) is 12.0 Å². The normalized spacial score (nSPS) is 25.7. The minimum Gasteiger partial charge on any atom is -0.378 e. The van der Waals surface area contributed by atoms with Gasteiger partial charge < -0.3 is 9.64 Å². The van der Waals surface area contributed by atoms with Gasteiger partial charge in [-0.2, -0.15) is 0 Å². The summed E-state index contributed by atoms with van der Waals surface area (Å²) < 4.78 is 5.15. The number of rotatable bonds is 4. The van der Waals surface area contributed by atoms with E-state index in [0.717, 1.165) is 39.3 Å². The first-order valence-electron chi connectivity index (χ1n) is 6.90. The van der Waals surface area contributed by atoms with Crippen LogP contribution in [0, 0.1) is 5.92 Å². The van der Waals surface area contributed by atoms with Crippen LogP contribution in [0.4, 0.5) is 0 Å². The first-order valence-corrected chi connectivity index (χ1v) is 6.90. The second-order valence-electron chi connectivity index (χ2n) is 5.56. The Hall–Kier alpha value is -0.870. The van der Waals surface area contributed by atoms with E-state index < -0.39 is 0 Å². The molecule has 102 valence electrons. The number of likely N-dealkylation sites (N-methyl/N-ethyl adjacent to an activating group) is 1. The highest BCUT2D eigenvalue weighted by Gasteiger charge is 2.22. The lowest BCUT2D eigenvalue weighted by molar-refractivity contribution is -0.127. The molecule has 4 nitrogen and oxygen atoms in total. The monoisotopic (exact) mass is 252 g/mol. The van der Waals surface area contributed by atoms with Crippen molar-refractivity contribution >= 4 is 5.91 Å². The molecule has 2 saturated heterocycles. The van der Waals surface area contributed by atoms with Gasteiger partial charge in [0.05, 0.1) is 19.3 Å². The number of hydrogen-bond acceptors (Lipinski definition) is 3. The van der Waals surface area contributed by atoms with Crippen LogP contribution in [0.25, 0.3) is 0 Å². The van der Waals surface area contributed by atoms with E-state index in [1.807, 2.05) is 11.0 Å². The van der Waals surface area contributed by atoms with Crippen LogP contribution in [0.2, 0.25) is 0 Å². The third-order valence-electron chi connectivity index (χ3n) is 3.87. The fraction of sp³-hybridized carbons (Fsp3) is 0.786. The van der Waals surface area contributed by atoms with E-state index in [-0.39, 0.29) is 5.91 Å². The van der Waals surface area contributed by atoms with Gasteiger partial charge in [0.1, 0.15) is 0 Å². The van der Waals surface area contributed by atoms with E-state index in [2.05, 4.69) is 18.9 Å². The van der Waals surface area contributed by atoms with Crippen LogP contribution in [0.15, 0.2) is 12.2 Å². The molecule has 0 aromatic carbocycles. The van der Waals surface area contributed by atoms with Gasteiger partial charge in [0.2, 0.25) is 5.91 Å². The summed E-state index contributed by atoms with van der Waals surface area (Å²) >= 11 is 0. The summed E-state index contributed by atoms with van der Waals surface area (Å²) in [5, 5.41) is 0. The van der Waals surface area contributed by atoms with Gasteiger partial charge in [-0.3, -0.25) is 9.69 Å². The van der Waals surface area contributed by atoms with Crippen LogP contribution in [0.5, 0.6) is 0 Å². The Bertz CT molecular complexity index is 313. The van der Waals surface area contributed by atoms with Gasteiger partial charge in [-0.05, 0) is 25.8 Å². The van der Waals surface area contributed by atoms with Crippen LogP contribution in [-0.2, 0) is 9.53 Å². The Labute approximate surface area is 110 Å². The van der Waals surface area contributed by atoms with Gasteiger partial charge in [0, 0.05) is 25.7 Å². The second kappa shape index (κ2) is 6.34. The molecule has 2 fully saturated rings. The third-order valence-corrected chi connectivity index (χ3v) is 3.87. The molecular weight excluding hydrogens is 228 g/mol. The molecule has 0 saturated carbocycles. The molecule has 0 radical (unpaired) electrons. The van der Waals surface area contributed by atoms with Gasteiger partial charge in [-0.25, -0.2) is 0 Å². The Morgan fingerprint density at radius 1 is 1.50 bits per heavy atom. The van der Waals surface area contributed by atoms with Gasteiger partial charge in [-0.15, -0.1) is 0 Å². The molecular formula is C14H24N2O2. The topological polar surface area (TPSA) is 32.8 Å². The number of amides is 1. The molecule has 18 heavy (non-hydrogen) atoms. The number of ether oxygens (including phenoxy) is 1. The smallest absolute Gasteiger partial charge is 0.246 e. The fourth-order valence-corrected chi connectivity index (χ4v) is 2.44. The highest BCUT2D eigenvalue weighted by atomic mass is 16.5. The summed E-state index contributed by atoms with van der Waals surface area (Å²) in [5.74, 6) is 0.811. The average Bonchev–Trinajstić information content (AvgIpc) is 2.26. The zero-order valence-electron chi connectivity index (χ0n) is 11.5. The van der Waals surface area contributed by atoms with Crippen molar-refractivity contribution in [2.24, 2.45) is 5.92 Å². The molecule has 2 heterocycles. The maximum atomic E-state index is 12.0. The molecule has 4 heteroatoms. The molecule has 0 bridgehead atoms. The van der Waals surface area contributed by atoms with E-state index in [1.165, 1.54) is 6.42 Å². The van der Waals surface area contributed by atoms with E-state index in [4.69, 9.17) is 4.74 Å². The minimum absolute atomic E-state index is 0.166. The average molecular weight is 252 g/mol. The molecule has 1 amide bonds. The summed E-state index contributed by atoms with van der Waals surface area (Å²) in [6.45, 7) is 6.51. The van der Waals surface area contributed by atoms with Crippen LogP contribution in [-0.4, -0.2) is 61.6 Å². The quantitative estimate of drug-likeness (QED) is 0.703. The number of carbonyl (C=O) groups is 1. The highest BCUT2D eigenvalue weighted by Crippen LogP contribution is 2.15. The molecule has 2 rings (SSSR count). The van der Waals surface area contributed by atoms with Crippen LogP contribution in [0.3, 0.4) is 0 Å². The van der Waals surface area contributed by atoms with Crippen molar-refractivity contribution in [3.8, 4) is 0 Å². The highest BCUT2D eigenvalue weighted by molar-refractivity contribution is 5.87. The van der Waals surface area contributed by atoms with Crippen molar-refractivity contribution in [1.29, 1.82) is 0 Å². The minimum atomic E-state index is 0.166. The first kappa shape index (κ1) is 13.6. The fourth-order valence-electron chi connectivity index (χ4n) is 2.44. The van der Waals surface area contributed by atoms with Crippen LogP contribution < -0.4 is 0 Å². The van der Waals surface area contributed by atoms with Gasteiger partial charge in [-0.1, -0.05) is 13.0 Å².